The van der Waals surface area contributed by atoms with Gasteiger partial charge in [0.05, 0.1) is 17.2 Å². The molecule has 208 valence electrons. The van der Waals surface area contributed by atoms with Crippen LogP contribution in [0.15, 0.2) is 85.1 Å². The number of rotatable bonds is 4. The average Bonchev–Trinajstić information content (AvgIpc) is 3.33. The first-order chi connectivity index (χ1) is 19.6. The lowest BCUT2D eigenvalue weighted by Crippen LogP contribution is -2.45. The normalized spacial score (nSPS) is 17.2. The fraction of sp³-hybridized carbons (Fsp3) is 0.353. The molecule has 2 amide bonds. The Labute approximate surface area is 237 Å². The number of aromatic nitrogens is 1. The minimum atomic E-state index is -0.206. The summed E-state index contributed by atoms with van der Waals surface area (Å²) < 4.78 is 8.47. The van der Waals surface area contributed by atoms with Crippen molar-refractivity contribution < 1.29 is 14.3 Å². The van der Waals surface area contributed by atoms with Crippen LogP contribution in [0.25, 0.3) is 10.9 Å². The molecule has 0 fully saturated rings. The van der Waals surface area contributed by atoms with E-state index in [0.29, 0.717) is 43.0 Å². The number of fused-ring (bicyclic) bond motifs is 2. The molecule has 0 spiro atoms. The second-order valence-electron chi connectivity index (χ2n) is 10.6. The summed E-state index contributed by atoms with van der Waals surface area (Å²) in [5.74, 6) is 0.590. The Kier molecular flexibility index (Phi) is 8.84. The van der Waals surface area contributed by atoms with Gasteiger partial charge < -0.3 is 19.1 Å². The van der Waals surface area contributed by atoms with Crippen LogP contribution in [0.1, 0.15) is 58.9 Å². The fourth-order valence-electron chi connectivity index (χ4n) is 5.73. The highest BCUT2D eigenvalue weighted by atomic mass is 16.5. The van der Waals surface area contributed by atoms with Crippen molar-refractivity contribution >= 4 is 22.7 Å². The van der Waals surface area contributed by atoms with E-state index in [4.69, 9.17) is 4.74 Å². The Morgan fingerprint density at radius 3 is 2.38 bits per heavy atom. The second kappa shape index (κ2) is 12.9. The van der Waals surface area contributed by atoms with E-state index in [2.05, 4.69) is 12.1 Å². The Morgan fingerprint density at radius 1 is 0.875 bits per heavy atom. The first-order valence-corrected chi connectivity index (χ1v) is 14.5. The van der Waals surface area contributed by atoms with Crippen molar-refractivity contribution in [3.8, 4) is 5.75 Å². The van der Waals surface area contributed by atoms with Gasteiger partial charge in [-0.2, -0.15) is 0 Å². The molecule has 1 atom stereocenters. The molecule has 6 nitrogen and oxygen atoms in total. The number of hydrogen-bond acceptors (Lipinski definition) is 3. The van der Waals surface area contributed by atoms with Gasteiger partial charge in [0.2, 0.25) is 0 Å². The van der Waals surface area contributed by atoms with Gasteiger partial charge in [0.1, 0.15) is 12.4 Å². The molecule has 1 aromatic heterocycles. The zero-order valence-corrected chi connectivity index (χ0v) is 23.6. The number of para-hydroxylation sites is 2. The summed E-state index contributed by atoms with van der Waals surface area (Å²) >= 11 is 0. The molecule has 1 aliphatic heterocycles. The van der Waals surface area contributed by atoms with Crippen LogP contribution in [0.5, 0.6) is 5.75 Å². The van der Waals surface area contributed by atoms with Gasteiger partial charge in [0.15, 0.2) is 0 Å². The minimum Gasteiger partial charge on any atom is -0.491 e. The van der Waals surface area contributed by atoms with Gasteiger partial charge >= 0.3 is 0 Å². The number of carbonyl (C=O) groups excluding carboxylic acids is 2. The van der Waals surface area contributed by atoms with Crippen molar-refractivity contribution in [2.24, 2.45) is 7.05 Å². The number of carbonyl (C=O) groups is 2. The predicted octanol–water partition coefficient (Wildman–Crippen LogP) is 6.35. The zero-order valence-electron chi connectivity index (χ0n) is 23.6. The first-order valence-electron chi connectivity index (χ1n) is 14.5. The summed E-state index contributed by atoms with van der Waals surface area (Å²) in [7, 11) is 1.99. The van der Waals surface area contributed by atoms with Crippen molar-refractivity contribution in [2.75, 3.05) is 26.2 Å². The van der Waals surface area contributed by atoms with Crippen LogP contribution in [0.2, 0.25) is 0 Å². The Balaban J connectivity index is 1.53. The van der Waals surface area contributed by atoms with Gasteiger partial charge in [0.25, 0.3) is 11.8 Å². The van der Waals surface area contributed by atoms with E-state index >= 15 is 0 Å². The van der Waals surface area contributed by atoms with Crippen molar-refractivity contribution in [2.45, 2.75) is 45.1 Å². The van der Waals surface area contributed by atoms with Gasteiger partial charge in [-0.15, -0.1) is 0 Å². The zero-order chi connectivity index (χ0) is 27.9. The smallest absolute Gasteiger partial charge is 0.257 e. The van der Waals surface area contributed by atoms with E-state index in [9.17, 15) is 9.59 Å². The Morgan fingerprint density at radius 2 is 1.57 bits per heavy atom. The monoisotopic (exact) mass is 537 g/mol. The molecule has 0 saturated carbocycles. The summed E-state index contributed by atoms with van der Waals surface area (Å²) in [6.45, 7) is 4.36. The van der Waals surface area contributed by atoms with Gasteiger partial charge in [0, 0.05) is 43.8 Å². The third-order valence-corrected chi connectivity index (χ3v) is 7.94. The maximum absolute atomic E-state index is 14.3. The van der Waals surface area contributed by atoms with Crippen LogP contribution in [0, 0.1) is 0 Å². The number of benzene rings is 3. The van der Waals surface area contributed by atoms with Crippen LogP contribution in [0.4, 0.5) is 0 Å². The summed E-state index contributed by atoms with van der Waals surface area (Å²) in [5.41, 5.74) is 3.48. The number of ether oxygens (including phenoxy) is 1. The maximum atomic E-state index is 14.3. The van der Waals surface area contributed by atoms with Crippen molar-refractivity contribution in [1.29, 1.82) is 0 Å². The molecule has 2 heterocycles. The Bertz CT molecular complexity index is 1450. The van der Waals surface area contributed by atoms with Gasteiger partial charge in [-0.05, 0) is 49.9 Å². The van der Waals surface area contributed by atoms with Crippen LogP contribution in [0.3, 0.4) is 0 Å². The lowest BCUT2D eigenvalue weighted by atomic mass is 10.0. The highest BCUT2D eigenvalue weighted by molar-refractivity contribution is 6.07. The van der Waals surface area contributed by atoms with Gasteiger partial charge in [-0.3, -0.25) is 9.59 Å². The highest BCUT2D eigenvalue weighted by Crippen LogP contribution is 2.26. The highest BCUT2D eigenvalue weighted by Gasteiger charge is 2.29. The minimum absolute atomic E-state index is 0.00143. The molecule has 4 aromatic rings. The van der Waals surface area contributed by atoms with Gasteiger partial charge in [-0.1, -0.05) is 73.5 Å². The number of amides is 2. The molecule has 0 N–H and O–H groups in total. The van der Waals surface area contributed by atoms with E-state index < -0.39 is 0 Å². The second-order valence-corrected chi connectivity index (χ2v) is 10.6. The van der Waals surface area contributed by atoms with E-state index in [1.54, 1.807) is 0 Å². The van der Waals surface area contributed by atoms with E-state index in [0.717, 1.165) is 48.7 Å². The molecule has 3 aromatic carbocycles. The summed E-state index contributed by atoms with van der Waals surface area (Å²) in [6.07, 6.45) is 6.47. The fourth-order valence-corrected chi connectivity index (χ4v) is 5.73. The standard InChI is InChI=1S/C34H39N3O3/c1-3-36-21-13-4-5-14-22-37(34(39)30-24-35(2)31-19-11-9-17-28(30)31)27(23-26-15-7-6-8-16-26)25-40-32-20-12-10-18-29(32)33(36)38/h6-12,15-20,24,27H,3-5,13-14,21-23,25H2,1-2H3/t27-/m1/s1. The molecule has 0 saturated heterocycles. The molecule has 6 heteroatoms. The third kappa shape index (κ3) is 6.06. The van der Waals surface area contributed by atoms with Crippen molar-refractivity contribution in [3.05, 3.63) is 102 Å². The average molecular weight is 538 g/mol. The molecule has 5 rings (SSSR count). The van der Waals surface area contributed by atoms with Crippen molar-refractivity contribution in [3.63, 3.8) is 0 Å². The number of hydrogen-bond donors (Lipinski definition) is 0. The summed E-state index contributed by atoms with van der Waals surface area (Å²) in [4.78, 5) is 31.7. The maximum Gasteiger partial charge on any atom is 0.257 e. The molecule has 0 radical (unpaired) electrons. The summed E-state index contributed by atoms with van der Waals surface area (Å²) in [6, 6.07) is 25.6. The molecule has 0 bridgehead atoms. The van der Waals surface area contributed by atoms with E-state index in [-0.39, 0.29) is 17.9 Å². The third-order valence-electron chi connectivity index (χ3n) is 7.94. The van der Waals surface area contributed by atoms with E-state index in [1.807, 2.05) is 101 Å². The lowest BCUT2D eigenvalue weighted by Gasteiger charge is -2.33. The number of aryl methyl sites for hydroxylation is 1. The molecular weight excluding hydrogens is 498 g/mol. The molecule has 40 heavy (non-hydrogen) atoms. The molecular formula is C34H39N3O3. The van der Waals surface area contributed by atoms with Gasteiger partial charge in [-0.25, -0.2) is 0 Å². The van der Waals surface area contributed by atoms with Crippen LogP contribution >= 0.6 is 0 Å². The topological polar surface area (TPSA) is 54.8 Å². The molecule has 1 aliphatic rings. The Hall–Kier alpha value is -4.06. The quantitative estimate of drug-likeness (QED) is 0.305. The van der Waals surface area contributed by atoms with Crippen LogP contribution in [-0.2, 0) is 13.5 Å². The molecule has 0 unspecified atom stereocenters. The first kappa shape index (κ1) is 27.5. The van der Waals surface area contributed by atoms with Crippen LogP contribution < -0.4 is 4.74 Å². The number of nitrogens with zero attached hydrogens (tertiary/aromatic N) is 3. The van der Waals surface area contributed by atoms with E-state index in [1.165, 1.54) is 0 Å². The largest absolute Gasteiger partial charge is 0.491 e. The SMILES string of the molecule is CCN1CCCCCCN(C(=O)c2cn(C)c3ccccc23)[C@H](Cc2ccccc2)COc2ccccc2C1=O. The predicted molar refractivity (Wildman–Crippen MR) is 160 cm³/mol. The molecule has 0 aliphatic carbocycles. The van der Waals surface area contributed by atoms with Crippen LogP contribution in [-0.4, -0.2) is 58.5 Å². The summed E-state index contributed by atoms with van der Waals surface area (Å²) in [5, 5.41) is 0.962. The van der Waals surface area contributed by atoms with Crippen molar-refractivity contribution in [1.82, 2.24) is 14.4 Å². The lowest BCUT2D eigenvalue weighted by molar-refractivity contribution is 0.0599.